The topological polar surface area (TPSA) is 93.0 Å². The number of anilines is 1. The smallest absolute Gasteiger partial charge is 0.338 e. The molecule has 2 aliphatic rings. The Morgan fingerprint density at radius 3 is 2.66 bits per heavy atom. The summed E-state index contributed by atoms with van der Waals surface area (Å²) in [5.74, 6) is -0.472. The van der Waals surface area contributed by atoms with Crippen molar-refractivity contribution in [3.05, 3.63) is 33.9 Å². The summed E-state index contributed by atoms with van der Waals surface area (Å²) in [5, 5.41) is 11.6. The number of nitro groups is 1. The van der Waals surface area contributed by atoms with Crippen molar-refractivity contribution in [3.8, 4) is 0 Å². The number of amides is 1. The summed E-state index contributed by atoms with van der Waals surface area (Å²) in [7, 11) is 0. The van der Waals surface area contributed by atoms with Crippen molar-refractivity contribution < 1.29 is 19.2 Å². The molecule has 0 bridgehead atoms. The molecule has 0 saturated carbocycles. The molecule has 3 rings (SSSR count). The molecule has 1 aromatic rings. The first kappa shape index (κ1) is 21.1. The van der Waals surface area contributed by atoms with Crippen LogP contribution in [0.3, 0.4) is 0 Å². The maximum atomic E-state index is 12.4. The van der Waals surface area contributed by atoms with E-state index in [9.17, 15) is 19.7 Å². The van der Waals surface area contributed by atoms with Crippen LogP contribution in [0.4, 0.5) is 11.4 Å². The Morgan fingerprint density at radius 1 is 1.17 bits per heavy atom. The minimum atomic E-state index is -0.718. The lowest BCUT2D eigenvalue weighted by Gasteiger charge is -2.33. The number of hydrogen-bond acceptors (Lipinski definition) is 6. The zero-order valence-electron chi connectivity index (χ0n) is 17.1. The maximum absolute atomic E-state index is 12.4. The quantitative estimate of drug-likeness (QED) is 0.425. The molecule has 0 radical (unpaired) electrons. The van der Waals surface area contributed by atoms with Gasteiger partial charge in [0.15, 0.2) is 6.61 Å². The Labute approximate surface area is 171 Å². The molecule has 2 heterocycles. The van der Waals surface area contributed by atoms with Gasteiger partial charge in [0.1, 0.15) is 5.69 Å². The van der Waals surface area contributed by atoms with E-state index in [4.69, 9.17) is 4.74 Å². The summed E-state index contributed by atoms with van der Waals surface area (Å²) in [6.07, 6.45) is 5.09. The fourth-order valence-corrected chi connectivity index (χ4v) is 4.23. The van der Waals surface area contributed by atoms with Gasteiger partial charge in [0.05, 0.1) is 10.5 Å². The monoisotopic (exact) mass is 403 g/mol. The van der Waals surface area contributed by atoms with Crippen molar-refractivity contribution in [2.45, 2.75) is 52.0 Å². The summed E-state index contributed by atoms with van der Waals surface area (Å²) in [6.45, 7) is 5.96. The van der Waals surface area contributed by atoms with Gasteiger partial charge in [-0.05, 0) is 57.1 Å². The van der Waals surface area contributed by atoms with Crippen LogP contribution in [-0.2, 0) is 9.53 Å². The van der Waals surface area contributed by atoms with E-state index in [2.05, 4.69) is 6.92 Å². The minimum absolute atomic E-state index is 0.0880. The maximum Gasteiger partial charge on any atom is 0.338 e. The average molecular weight is 403 g/mol. The molecular weight excluding hydrogens is 374 g/mol. The third-order valence-corrected chi connectivity index (χ3v) is 5.86. The molecule has 0 aromatic heterocycles. The molecule has 1 aromatic carbocycles. The number of likely N-dealkylation sites (tertiary alicyclic amines) is 1. The van der Waals surface area contributed by atoms with Gasteiger partial charge in [-0.2, -0.15) is 0 Å². The van der Waals surface area contributed by atoms with Gasteiger partial charge in [-0.1, -0.05) is 6.92 Å². The molecule has 0 spiro atoms. The zero-order valence-corrected chi connectivity index (χ0v) is 17.1. The van der Waals surface area contributed by atoms with Crippen LogP contribution in [0.25, 0.3) is 0 Å². The summed E-state index contributed by atoms with van der Waals surface area (Å²) in [6, 6.07) is 4.55. The van der Waals surface area contributed by atoms with E-state index in [0.717, 1.165) is 45.2 Å². The molecular formula is C21H29N3O5. The van der Waals surface area contributed by atoms with Crippen LogP contribution in [0.2, 0.25) is 0 Å². The summed E-state index contributed by atoms with van der Waals surface area (Å²) in [5.41, 5.74) is 0.505. The van der Waals surface area contributed by atoms with Gasteiger partial charge < -0.3 is 14.5 Å². The van der Waals surface area contributed by atoms with Gasteiger partial charge >= 0.3 is 5.97 Å². The van der Waals surface area contributed by atoms with Crippen LogP contribution in [0, 0.1) is 16.0 Å². The van der Waals surface area contributed by atoms with Crippen molar-refractivity contribution in [2.24, 2.45) is 5.92 Å². The van der Waals surface area contributed by atoms with E-state index in [0.29, 0.717) is 18.2 Å². The fraction of sp³-hybridized carbons (Fsp3) is 0.619. The molecule has 2 fully saturated rings. The lowest BCUT2D eigenvalue weighted by molar-refractivity contribution is -0.384. The van der Waals surface area contributed by atoms with E-state index in [1.54, 1.807) is 11.0 Å². The molecule has 0 aliphatic carbocycles. The summed E-state index contributed by atoms with van der Waals surface area (Å²) in [4.78, 5) is 39.6. The van der Waals surface area contributed by atoms with Crippen molar-refractivity contribution in [2.75, 3.05) is 31.1 Å². The molecule has 2 saturated heterocycles. The molecule has 2 atom stereocenters. The Bertz CT molecular complexity index is 782. The van der Waals surface area contributed by atoms with Crippen LogP contribution in [0.5, 0.6) is 0 Å². The normalized spacial score (nSPS) is 22.3. The van der Waals surface area contributed by atoms with E-state index in [1.165, 1.54) is 12.1 Å². The predicted octanol–water partition coefficient (Wildman–Crippen LogP) is 3.39. The van der Waals surface area contributed by atoms with E-state index in [-0.39, 0.29) is 29.8 Å². The Kier molecular flexibility index (Phi) is 6.71. The molecule has 0 N–H and O–H groups in total. The number of nitro benzene ring substituents is 1. The van der Waals surface area contributed by atoms with Crippen LogP contribution in [0.1, 0.15) is 56.3 Å². The highest BCUT2D eigenvalue weighted by molar-refractivity contribution is 5.93. The second-order valence-corrected chi connectivity index (χ2v) is 8.16. The fourth-order valence-electron chi connectivity index (χ4n) is 4.23. The zero-order chi connectivity index (χ0) is 21.0. The highest BCUT2D eigenvalue weighted by Gasteiger charge is 2.27. The molecule has 2 aliphatic heterocycles. The largest absolute Gasteiger partial charge is 0.452 e. The number of benzene rings is 1. The second kappa shape index (κ2) is 9.24. The highest BCUT2D eigenvalue weighted by Crippen LogP contribution is 2.32. The molecule has 0 unspecified atom stereocenters. The first-order valence-corrected chi connectivity index (χ1v) is 10.4. The molecule has 158 valence electrons. The Hall–Kier alpha value is -2.64. The predicted molar refractivity (Wildman–Crippen MR) is 109 cm³/mol. The number of carbonyl (C=O) groups excluding carboxylic acids is 2. The van der Waals surface area contributed by atoms with Crippen molar-refractivity contribution in [1.29, 1.82) is 0 Å². The number of ether oxygens (including phenoxy) is 1. The van der Waals surface area contributed by atoms with Crippen molar-refractivity contribution in [3.63, 3.8) is 0 Å². The van der Waals surface area contributed by atoms with Crippen molar-refractivity contribution in [1.82, 2.24) is 4.90 Å². The van der Waals surface area contributed by atoms with Gasteiger partial charge in [-0.25, -0.2) is 4.79 Å². The number of esters is 1. The molecule has 8 nitrogen and oxygen atoms in total. The highest BCUT2D eigenvalue weighted by atomic mass is 16.6. The summed E-state index contributed by atoms with van der Waals surface area (Å²) < 4.78 is 5.16. The lowest BCUT2D eigenvalue weighted by Crippen LogP contribution is -2.44. The molecule has 8 heteroatoms. The number of hydrogen-bond donors (Lipinski definition) is 0. The van der Waals surface area contributed by atoms with Crippen LogP contribution in [0.15, 0.2) is 18.2 Å². The third-order valence-electron chi connectivity index (χ3n) is 5.86. The van der Waals surface area contributed by atoms with Crippen LogP contribution < -0.4 is 4.90 Å². The number of nitrogens with zero attached hydrogens (tertiary/aromatic N) is 3. The molecule has 29 heavy (non-hydrogen) atoms. The van der Waals surface area contributed by atoms with Gasteiger partial charge in [0.25, 0.3) is 11.6 Å². The van der Waals surface area contributed by atoms with Gasteiger partial charge in [0.2, 0.25) is 0 Å². The number of carbonyl (C=O) groups is 2. The van der Waals surface area contributed by atoms with Gasteiger partial charge in [-0.3, -0.25) is 14.9 Å². The lowest BCUT2D eigenvalue weighted by atomic mass is 9.99. The minimum Gasteiger partial charge on any atom is -0.452 e. The van der Waals surface area contributed by atoms with E-state index in [1.807, 2.05) is 11.8 Å². The first-order valence-electron chi connectivity index (χ1n) is 10.4. The van der Waals surface area contributed by atoms with Crippen LogP contribution >= 0.6 is 0 Å². The van der Waals surface area contributed by atoms with E-state index >= 15 is 0 Å². The van der Waals surface area contributed by atoms with Gasteiger partial charge in [0, 0.05) is 31.7 Å². The Morgan fingerprint density at radius 2 is 1.97 bits per heavy atom. The standard InChI is InChI=1S/C21H29N3O5/c1-15-6-5-10-22(13-15)18-9-8-17(12-19(18)24(27)28)21(26)29-14-20(25)23-11-4-3-7-16(23)2/h8-9,12,15-16H,3-7,10-11,13-14H2,1-2H3/t15-,16+/m1/s1. The molecule has 1 amide bonds. The number of piperidine rings is 2. The van der Waals surface area contributed by atoms with Crippen molar-refractivity contribution >= 4 is 23.3 Å². The van der Waals surface area contributed by atoms with Crippen LogP contribution in [-0.4, -0.2) is 54.0 Å². The summed E-state index contributed by atoms with van der Waals surface area (Å²) >= 11 is 0. The van der Waals surface area contributed by atoms with E-state index < -0.39 is 10.9 Å². The SMILES string of the molecule is C[C@@H]1CCCN(c2ccc(C(=O)OCC(=O)N3CCCC[C@@H]3C)cc2[N+](=O)[O-])C1. The average Bonchev–Trinajstić information content (AvgIpc) is 2.71. The first-order chi connectivity index (χ1) is 13.9. The number of rotatable bonds is 5. The Balaban J connectivity index is 1.68. The second-order valence-electron chi connectivity index (χ2n) is 8.16. The van der Waals surface area contributed by atoms with Gasteiger partial charge in [-0.15, -0.1) is 0 Å². The third kappa shape index (κ3) is 5.05.